The minimum absolute atomic E-state index is 0.740. The van der Waals surface area contributed by atoms with Crippen molar-refractivity contribution in [2.75, 3.05) is 24.2 Å². The Hall–Kier alpha value is 0.790. The van der Waals surface area contributed by atoms with Gasteiger partial charge in [0.2, 0.25) is 0 Å². The van der Waals surface area contributed by atoms with Crippen molar-refractivity contribution in [3.8, 4) is 0 Å². The maximum Gasteiger partial charge on any atom is 0.0184 e. The van der Waals surface area contributed by atoms with Crippen LogP contribution in [0.15, 0.2) is 0 Å². The van der Waals surface area contributed by atoms with Gasteiger partial charge in [-0.3, -0.25) is 4.90 Å². The highest BCUT2D eigenvalue weighted by molar-refractivity contribution is 9.09. The van der Waals surface area contributed by atoms with Crippen LogP contribution in [0.25, 0.3) is 0 Å². The fourth-order valence-corrected chi connectivity index (χ4v) is 4.11. The van der Waals surface area contributed by atoms with Crippen molar-refractivity contribution >= 4 is 27.7 Å². The first kappa shape index (κ1) is 13.9. The molecule has 90 valence electrons. The highest BCUT2D eigenvalue weighted by Gasteiger charge is 2.27. The molecule has 3 heteroatoms. The monoisotopic (exact) mass is 293 g/mol. The molecule has 0 N–H and O–H groups in total. The lowest BCUT2D eigenvalue weighted by atomic mass is 9.96. The van der Waals surface area contributed by atoms with Crippen LogP contribution < -0.4 is 0 Å². The summed E-state index contributed by atoms with van der Waals surface area (Å²) in [6, 6.07) is 0.740. The molecule has 1 heterocycles. The molecule has 3 atom stereocenters. The van der Waals surface area contributed by atoms with Gasteiger partial charge in [0.05, 0.1) is 0 Å². The van der Waals surface area contributed by atoms with Crippen molar-refractivity contribution in [1.29, 1.82) is 0 Å². The van der Waals surface area contributed by atoms with Gasteiger partial charge < -0.3 is 0 Å². The van der Waals surface area contributed by atoms with Gasteiger partial charge in [0, 0.05) is 35.5 Å². The largest absolute Gasteiger partial charge is 0.298 e. The van der Waals surface area contributed by atoms with E-state index in [0.717, 1.165) is 28.5 Å². The lowest BCUT2D eigenvalue weighted by molar-refractivity contribution is 0.169. The predicted molar refractivity (Wildman–Crippen MR) is 75.1 cm³/mol. The Labute approximate surface area is 107 Å². The molecule has 0 amide bonds. The second-order valence-corrected chi connectivity index (χ2v) is 7.10. The third-order valence-corrected chi connectivity index (χ3v) is 5.79. The second-order valence-electron chi connectivity index (χ2n) is 4.97. The minimum atomic E-state index is 0.740. The van der Waals surface area contributed by atoms with Crippen molar-refractivity contribution in [2.24, 2.45) is 11.8 Å². The van der Waals surface area contributed by atoms with Crippen LogP contribution in [0.4, 0.5) is 0 Å². The maximum absolute atomic E-state index is 3.65. The number of rotatable bonds is 4. The molecule has 1 aliphatic heterocycles. The summed E-state index contributed by atoms with van der Waals surface area (Å²) in [6.45, 7) is 11.9. The molecule has 0 spiro atoms. The van der Waals surface area contributed by atoms with Crippen LogP contribution in [0.1, 0.15) is 27.7 Å². The zero-order valence-electron chi connectivity index (χ0n) is 10.4. The van der Waals surface area contributed by atoms with Crippen LogP contribution in [-0.2, 0) is 0 Å². The third kappa shape index (κ3) is 3.94. The van der Waals surface area contributed by atoms with Crippen molar-refractivity contribution in [3.63, 3.8) is 0 Å². The van der Waals surface area contributed by atoms with E-state index in [9.17, 15) is 0 Å². The number of thioether (sulfide) groups is 1. The summed E-state index contributed by atoms with van der Waals surface area (Å²) in [5.41, 5.74) is 0. The van der Waals surface area contributed by atoms with E-state index < -0.39 is 0 Å². The molecule has 0 aromatic heterocycles. The van der Waals surface area contributed by atoms with E-state index in [4.69, 9.17) is 0 Å². The van der Waals surface area contributed by atoms with E-state index in [1.54, 1.807) is 0 Å². The average molecular weight is 294 g/mol. The van der Waals surface area contributed by atoms with Crippen LogP contribution in [0, 0.1) is 11.8 Å². The lowest BCUT2D eigenvalue weighted by Gasteiger charge is -2.39. The van der Waals surface area contributed by atoms with Gasteiger partial charge in [-0.05, 0) is 18.8 Å². The summed E-state index contributed by atoms with van der Waals surface area (Å²) in [6.07, 6.45) is 0. The summed E-state index contributed by atoms with van der Waals surface area (Å²) < 4.78 is 0. The summed E-state index contributed by atoms with van der Waals surface area (Å²) in [7, 11) is 0. The standard InChI is InChI=1S/C12H24BrNS/c1-9(2)12(7-13)8-14-5-6-15-11(4)10(14)3/h9-12H,5-8H2,1-4H3. The molecule has 0 aromatic rings. The minimum Gasteiger partial charge on any atom is -0.298 e. The molecule has 1 fully saturated rings. The summed E-state index contributed by atoms with van der Waals surface area (Å²) in [5.74, 6) is 2.88. The topological polar surface area (TPSA) is 3.24 Å². The van der Waals surface area contributed by atoms with Gasteiger partial charge in [-0.1, -0.05) is 36.7 Å². The van der Waals surface area contributed by atoms with Crippen molar-refractivity contribution < 1.29 is 0 Å². The molecule has 0 aromatic carbocycles. The van der Waals surface area contributed by atoms with Gasteiger partial charge in [0.1, 0.15) is 0 Å². The second kappa shape index (κ2) is 6.51. The van der Waals surface area contributed by atoms with Crippen molar-refractivity contribution in [2.45, 2.75) is 39.0 Å². The molecule has 1 saturated heterocycles. The van der Waals surface area contributed by atoms with E-state index in [1.807, 2.05) is 0 Å². The predicted octanol–water partition coefficient (Wildman–Crippen LogP) is 3.48. The van der Waals surface area contributed by atoms with E-state index in [0.29, 0.717) is 0 Å². The zero-order valence-corrected chi connectivity index (χ0v) is 12.8. The van der Waals surface area contributed by atoms with Gasteiger partial charge in [0.25, 0.3) is 0 Å². The maximum atomic E-state index is 3.65. The zero-order chi connectivity index (χ0) is 11.4. The first-order chi connectivity index (χ1) is 7.06. The highest BCUT2D eigenvalue weighted by atomic mass is 79.9. The van der Waals surface area contributed by atoms with Crippen molar-refractivity contribution in [3.05, 3.63) is 0 Å². The molecule has 0 radical (unpaired) electrons. The van der Waals surface area contributed by atoms with Gasteiger partial charge in [-0.2, -0.15) is 11.8 Å². The third-order valence-electron chi connectivity index (χ3n) is 3.62. The smallest absolute Gasteiger partial charge is 0.0184 e. The van der Waals surface area contributed by atoms with E-state index in [2.05, 4.69) is 60.3 Å². The fraction of sp³-hybridized carbons (Fsp3) is 1.00. The molecule has 0 bridgehead atoms. The molecule has 0 aliphatic carbocycles. The molecule has 1 nitrogen and oxygen atoms in total. The average Bonchev–Trinajstić information content (AvgIpc) is 2.19. The van der Waals surface area contributed by atoms with E-state index in [-0.39, 0.29) is 0 Å². The fourth-order valence-electron chi connectivity index (χ4n) is 1.99. The first-order valence-corrected chi connectivity index (χ1v) is 8.15. The summed E-state index contributed by atoms with van der Waals surface area (Å²) in [5, 5.41) is 1.93. The molecular weight excluding hydrogens is 270 g/mol. The first-order valence-electron chi connectivity index (χ1n) is 5.97. The highest BCUT2D eigenvalue weighted by Crippen LogP contribution is 2.26. The normalized spacial score (nSPS) is 30.8. The lowest BCUT2D eigenvalue weighted by Crippen LogP contribution is -2.47. The summed E-state index contributed by atoms with van der Waals surface area (Å²) >= 11 is 5.77. The molecule has 1 aliphatic rings. The van der Waals surface area contributed by atoms with Crippen LogP contribution >= 0.6 is 27.7 Å². The van der Waals surface area contributed by atoms with Gasteiger partial charge in [0.15, 0.2) is 0 Å². The Bertz CT molecular complexity index is 186. The number of alkyl halides is 1. The Balaban J connectivity index is 2.48. The van der Waals surface area contributed by atoms with Gasteiger partial charge in [-0.15, -0.1) is 0 Å². The Kier molecular flexibility index (Phi) is 6.01. The number of halogens is 1. The summed E-state index contributed by atoms with van der Waals surface area (Å²) in [4.78, 5) is 2.67. The Morgan fingerprint density at radius 1 is 1.40 bits per heavy atom. The Morgan fingerprint density at radius 3 is 2.60 bits per heavy atom. The molecule has 15 heavy (non-hydrogen) atoms. The number of nitrogens with zero attached hydrogens (tertiary/aromatic N) is 1. The van der Waals surface area contributed by atoms with Gasteiger partial charge in [-0.25, -0.2) is 0 Å². The van der Waals surface area contributed by atoms with Gasteiger partial charge >= 0.3 is 0 Å². The molecular formula is C12H24BrNS. The van der Waals surface area contributed by atoms with Crippen LogP contribution in [-0.4, -0.2) is 40.4 Å². The molecule has 3 unspecified atom stereocenters. The van der Waals surface area contributed by atoms with E-state index in [1.165, 1.54) is 18.8 Å². The molecule has 0 saturated carbocycles. The van der Waals surface area contributed by atoms with Crippen LogP contribution in [0.5, 0.6) is 0 Å². The van der Waals surface area contributed by atoms with Crippen molar-refractivity contribution in [1.82, 2.24) is 4.90 Å². The molecule has 1 rings (SSSR count). The van der Waals surface area contributed by atoms with Crippen LogP contribution in [0.3, 0.4) is 0 Å². The quantitative estimate of drug-likeness (QED) is 0.730. The number of hydrogen-bond acceptors (Lipinski definition) is 2. The number of hydrogen-bond donors (Lipinski definition) is 0. The SMILES string of the molecule is CC(C)C(CBr)CN1CCSC(C)C1C. The van der Waals surface area contributed by atoms with E-state index >= 15 is 0 Å². The van der Waals surface area contributed by atoms with Crippen LogP contribution in [0.2, 0.25) is 0 Å². The Morgan fingerprint density at radius 2 is 2.07 bits per heavy atom.